The van der Waals surface area contributed by atoms with Crippen molar-refractivity contribution in [1.82, 2.24) is 9.55 Å². The molecular weight excluding hydrogens is 393 g/mol. The van der Waals surface area contributed by atoms with Gasteiger partial charge in [-0.2, -0.15) is 0 Å². The van der Waals surface area contributed by atoms with Gasteiger partial charge in [0.25, 0.3) is 5.56 Å². The molecule has 2 heterocycles. The number of carbonyl (C=O) groups is 1. The van der Waals surface area contributed by atoms with Crippen LogP contribution in [0, 0.1) is 0 Å². The van der Waals surface area contributed by atoms with Crippen LogP contribution in [-0.4, -0.2) is 15.5 Å². The summed E-state index contributed by atoms with van der Waals surface area (Å²) in [5.41, 5.74) is 5.95. The summed E-state index contributed by atoms with van der Waals surface area (Å²) in [6.07, 6.45) is 1.10. The Labute approximate surface area is 164 Å². The monoisotopic (exact) mass is 409 g/mol. The third-order valence-corrected chi connectivity index (χ3v) is 5.99. The average molecular weight is 410 g/mol. The molecule has 0 aliphatic heterocycles. The molecular formula is C18H17Cl2N3O2S. The van der Waals surface area contributed by atoms with Crippen molar-refractivity contribution in [3.8, 4) is 0 Å². The van der Waals surface area contributed by atoms with Gasteiger partial charge >= 0.3 is 0 Å². The first-order valence-electron chi connectivity index (χ1n) is 8.08. The van der Waals surface area contributed by atoms with Crippen LogP contribution in [-0.2, 0) is 17.6 Å². The number of hydrogen-bond donors (Lipinski definition) is 1. The molecule has 0 saturated heterocycles. The van der Waals surface area contributed by atoms with Gasteiger partial charge in [-0.25, -0.2) is 4.98 Å². The Hall–Kier alpha value is -1.89. The van der Waals surface area contributed by atoms with E-state index in [1.54, 1.807) is 25.1 Å². The van der Waals surface area contributed by atoms with Crippen LogP contribution in [0.1, 0.15) is 36.2 Å². The van der Waals surface area contributed by atoms with Crippen molar-refractivity contribution in [2.75, 3.05) is 0 Å². The van der Waals surface area contributed by atoms with Crippen LogP contribution < -0.4 is 11.3 Å². The Morgan fingerprint density at radius 1 is 1.35 bits per heavy atom. The lowest BCUT2D eigenvalue weighted by atomic mass is 10.1. The normalized spacial score (nSPS) is 12.5. The Balaban J connectivity index is 2.22. The molecule has 3 aromatic rings. The van der Waals surface area contributed by atoms with Crippen LogP contribution >= 0.6 is 34.5 Å². The van der Waals surface area contributed by atoms with E-state index in [-0.39, 0.29) is 12.0 Å². The Kier molecular flexibility index (Phi) is 5.37. The molecule has 136 valence electrons. The number of aryl methyl sites for hydroxylation is 1. The summed E-state index contributed by atoms with van der Waals surface area (Å²) in [7, 11) is 0. The molecule has 0 radical (unpaired) electrons. The minimum Gasteiger partial charge on any atom is -0.368 e. The Bertz CT molecular complexity index is 1060. The molecule has 0 spiro atoms. The van der Waals surface area contributed by atoms with Crippen molar-refractivity contribution in [3.63, 3.8) is 0 Å². The van der Waals surface area contributed by atoms with Crippen LogP contribution in [0.4, 0.5) is 0 Å². The first-order valence-corrected chi connectivity index (χ1v) is 9.66. The number of carbonyl (C=O) groups excluding carboxylic acids is 1. The van der Waals surface area contributed by atoms with E-state index < -0.39 is 11.9 Å². The minimum atomic E-state index is -0.814. The van der Waals surface area contributed by atoms with E-state index >= 15 is 0 Å². The largest absolute Gasteiger partial charge is 0.368 e. The number of benzene rings is 1. The quantitative estimate of drug-likeness (QED) is 0.692. The van der Waals surface area contributed by atoms with Gasteiger partial charge in [0.1, 0.15) is 16.7 Å². The maximum atomic E-state index is 13.0. The van der Waals surface area contributed by atoms with Crippen LogP contribution in [0.15, 0.2) is 29.1 Å². The molecule has 3 rings (SSSR count). The number of primary amides is 1. The number of nitrogens with zero attached hydrogens (tertiary/aromatic N) is 2. The molecule has 0 aliphatic rings. The van der Waals surface area contributed by atoms with Crippen molar-refractivity contribution in [2.45, 2.75) is 32.7 Å². The topological polar surface area (TPSA) is 78.0 Å². The molecule has 2 N–H and O–H groups in total. The van der Waals surface area contributed by atoms with E-state index in [1.165, 1.54) is 15.9 Å². The maximum Gasteiger partial charge on any atom is 0.263 e. The molecule has 0 aliphatic carbocycles. The summed E-state index contributed by atoms with van der Waals surface area (Å²) < 4.78 is 1.36. The second-order valence-electron chi connectivity index (χ2n) is 5.98. The van der Waals surface area contributed by atoms with E-state index in [2.05, 4.69) is 4.98 Å². The Morgan fingerprint density at radius 3 is 2.69 bits per heavy atom. The summed E-state index contributed by atoms with van der Waals surface area (Å²) in [5, 5.41) is 1.51. The smallest absolute Gasteiger partial charge is 0.263 e. The van der Waals surface area contributed by atoms with E-state index in [4.69, 9.17) is 28.9 Å². The summed E-state index contributed by atoms with van der Waals surface area (Å²) >= 11 is 13.7. The van der Waals surface area contributed by atoms with Crippen molar-refractivity contribution in [2.24, 2.45) is 5.73 Å². The van der Waals surface area contributed by atoms with Crippen molar-refractivity contribution in [1.29, 1.82) is 0 Å². The van der Waals surface area contributed by atoms with Crippen molar-refractivity contribution in [3.05, 3.63) is 60.9 Å². The van der Waals surface area contributed by atoms with Gasteiger partial charge in [-0.3, -0.25) is 14.2 Å². The highest BCUT2D eigenvalue weighted by molar-refractivity contribution is 7.18. The zero-order valence-electron chi connectivity index (χ0n) is 14.3. The van der Waals surface area contributed by atoms with Crippen LogP contribution in [0.3, 0.4) is 0 Å². The molecule has 1 aromatic carbocycles. The lowest BCUT2D eigenvalue weighted by molar-refractivity contribution is -0.120. The third kappa shape index (κ3) is 3.49. The summed E-state index contributed by atoms with van der Waals surface area (Å²) in [6, 6.07) is 6.16. The second kappa shape index (κ2) is 7.39. The highest BCUT2D eigenvalue weighted by Gasteiger charge is 2.21. The number of nitrogens with two attached hydrogens (primary N) is 1. The van der Waals surface area contributed by atoms with Crippen LogP contribution in [0.25, 0.3) is 10.2 Å². The highest BCUT2D eigenvalue weighted by Crippen LogP contribution is 2.26. The fraction of sp³-hybridized carbons (Fsp3) is 0.278. The average Bonchev–Trinajstić information content (AvgIpc) is 3.00. The third-order valence-electron chi connectivity index (χ3n) is 4.23. The molecule has 1 atom stereocenters. The lowest BCUT2D eigenvalue weighted by Crippen LogP contribution is -2.35. The van der Waals surface area contributed by atoms with E-state index in [9.17, 15) is 9.59 Å². The second-order valence-corrected chi connectivity index (χ2v) is 7.94. The number of hydrogen-bond acceptors (Lipinski definition) is 4. The number of aromatic nitrogens is 2. The van der Waals surface area contributed by atoms with Gasteiger partial charge in [-0.05, 0) is 37.1 Å². The Morgan fingerprint density at radius 2 is 2.08 bits per heavy atom. The summed E-state index contributed by atoms with van der Waals surface area (Å²) in [4.78, 5) is 31.1. The summed E-state index contributed by atoms with van der Waals surface area (Å²) in [5.74, 6) is -0.148. The van der Waals surface area contributed by atoms with E-state index in [0.29, 0.717) is 26.1 Å². The summed E-state index contributed by atoms with van der Waals surface area (Å²) in [6.45, 7) is 3.61. The van der Waals surface area contributed by atoms with Gasteiger partial charge in [-0.1, -0.05) is 36.2 Å². The zero-order valence-corrected chi connectivity index (χ0v) is 16.6. The predicted molar refractivity (Wildman–Crippen MR) is 106 cm³/mol. The highest BCUT2D eigenvalue weighted by atomic mass is 35.5. The number of halogens is 2. The van der Waals surface area contributed by atoms with Gasteiger partial charge in [-0.15, -0.1) is 11.3 Å². The molecule has 0 saturated carbocycles. The fourth-order valence-corrected chi connectivity index (χ4v) is 4.20. The number of amides is 1. The number of rotatable bonds is 5. The molecule has 1 amide bonds. The molecule has 26 heavy (non-hydrogen) atoms. The molecule has 0 fully saturated rings. The van der Waals surface area contributed by atoms with Gasteiger partial charge < -0.3 is 5.73 Å². The molecule has 8 heteroatoms. The standard InChI is InChI=1S/C18H17Cl2N3O2S/c1-3-12-8-13-17(26-12)22-15(23(18(13)25)9(2)16(21)24)6-10-4-5-11(19)7-14(10)20/h4-5,7-9H,3,6H2,1-2H3,(H2,21,24). The lowest BCUT2D eigenvalue weighted by Gasteiger charge is -2.17. The van der Waals surface area contributed by atoms with Crippen LogP contribution in [0.5, 0.6) is 0 Å². The molecule has 2 aromatic heterocycles. The van der Waals surface area contributed by atoms with Gasteiger partial charge in [0, 0.05) is 21.3 Å². The SMILES string of the molecule is CCc1cc2c(=O)n(C(C)C(N)=O)c(Cc3ccc(Cl)cc3Cl)nc2s1. The van der Waals surface area contributed by atoms with Gasteiger partial charge in [0.05, 0.1) is 5.39 Å². The molecule has 5 nitrogen and oxygen atoms in total. The van der Waals surface area contributed by atoms with E-state index in [1.807, 2.05) is 13.0 Å². The number of fused-ring (bicyclic) bond motifs is 1. The van der Waals surface area contributed by atoms with Gasteiger partial charge in [0.15, 0.2) is 0 Å². The first kappa shape index (κ1) is 18.9. The zero-order chi connectivity index (χ0) is 19.0. The molecule has 1 unspecified atom stereocenters. The fourth-order valence-electron chi connectivity index (χ4n) is 2.75. The van der Waals surface area contributed by atoms with Crippen LogP contribution in [0.2, 0.25) is 10.0 Å². The molecule has 0 bridgehead atoms. The number of thiophene rings is 1. The van der Waals surface area contributed by atoms with Gasteiger partial charge in [0.2, 0.25) is 5.91 Å². The minimum absolute atomic E-state index is 0.266. The first-order chi connectivity index (χ1) is 12.3. The van der Waals surface area contributed by atoms with Crippen molar-refractivity contribution >= 4 is 50.7 Å². The van der Waals surface area contributed by atoms with Crippen molar-refractivity contribution < 1.29 is 4.79 Å². The predicted octanol–water partition coefficient (Wildman–Crippen LogP) is 3.96. The van der Waals surface area contributed by atoms with E-state index in [0.717, 1.165) is 16.9 Å². The maximum absolute atomic E-state index is 13.0.